The van der Waals surface area contributed by atoms with Crippen LogP contribution in [0.25, 0.3) is 0 Å². The van der Waals surface area contributed by atoms with Gasteiger partial charge in [0.1, 0.15) is 5.82 Å². The third-order valence-corrected chi connectivity index (χ3v) is 3.13. The van der Waals surface area contributed by atoms with Gasteiger partial charge in [-0.3, -0.25) is 0 Å². The molecule has 1 fully saturated rings. The Bertz CT molecular complexity index is 275. The predicted octanol–water partition coefficient (Wildman–Crippen LogP) is 2.22. The van der Waals surface area contributed by atoms with E-state index in [0.29, 0.717) is 6.04 Å². The van der Waals surface area contributed by atoms with Crippen molar-refractivity contribution in [2.75, 3.05) is 5.73 Å². The first-order valence-corrected chi connectivity index (χ1v) is 5.12. The van der Waals surface area contributed by atoms with E-state index in [-0.39, 0.29) is 0 Å². The molecule has 0 radical (unpaired) electrons. The van der Waals surface area contributed by atoms with E-state index in [9.17, 15) is 0 Å². The molecule has 1 heterocycles. The van der Waals surface area contributed by atoms with Gasteiger partial charge in [-0.1, -0.05) is 13.3 Å². The Balaban J connectivity index is 2.16. The SMILES string of the molecule is CCC(C1CCC1)n1nccc1N. The Labute approximate surface area is 78.9 Å². The minimum Gasteiger partial charge on any atom is -0.384 e. The Kier molecular flexibility index (Phi) is 2.25. The fourth-order valence-electron chi connectivity index (χ4n) is 2.13. The van der Waals surface area contributed by atoms with Crippen LogP contribution in [0.4, 0.5) is 5.82 Å². The summed E-state index contributed by atoms with van der Waals surface area (Å²) in [4.78, 5) is 0. The molecule has 3 heteroatoms. The van der Waals surface area contributed by atoms with Crippen LogP contribution in [0.2, 0.25) is 0 Å². The molecule has 13 heavy (non-hydrogen) atoms. The average molecular weight is 179 g/mol. The van der Waals surface area contributed by atoms with Crippen LogP contribution in [-0.2, 0) is 0 Å². The highest BCUT2D eigenvalue weighted by molar-refractivity contribution is 5.26. The van der Waals surface area contributed by atoms with Gasteiger partial charge in [-0.15, -0.1) is 0 Å². The molecular weight excluding hydrogens is 162 g/mol. The summed E-state index contributed by atoms with van der Waals surface area (Å²) in [5.41, 5.74) is 5.83. The lowest BCUT2D eigenvalue weighted by Crippen LogP contribution is -2.26. The minimum absolute atomic E-state index is 0.531. The van der Waals surface area contributed by atoms with Crippen LogP contribution in [0, 0.1) is 5.92 Å². The first kappa shape index (κ1) is 8.60. The van der Waals surface area contributed by atoms with Gasteiger partial charge >= 0.3 is 0 Å². The number of anilines is 1. The van der Waals surface area contributed by atoms with Crippen molar-refractivity contribution in [3.63, 3.8) is 0 Å². The van der Waals surface area contributed by atoms with Gasteiger partial charge in [0.05, 0.1) is 12.2 Å². The van der Waals surface area contributed by atoms with Crippen molar-refractivity contribution >= 4 is 5.82 Å². The van der Waals surface area contributed by atoms with Crippen molar-refractivity contribution in [3.8, 4) is 0 Å². The maximum Gasteiger partial charge on any atom is 0.121 e. The third-order valence-electron chi connectivity index (χ3n) is 3.13. The number of hydrogen-bond acceptors (Lipinski definition) is 2. The molecule has 0 bridgehead atoms. The minimum atomic E-state index is 0.531. The normalized spacial score (nSPS) is 19.8. The summed E-state index contributed by atoms with van der Waals surface area (Å²) < 4.78 is 1.99. The van der Waals surface area contributed by atoms with E-state index in [1.807, 2.05) is 10.7 Å². The highest BCUT2D eigenvalue weighted by Gasteiger charge is 2.28. The summed E-state index contributed by atoms with van der Waals surface area (Å²) in [5.74, 6) is 1.62. The van der Waals surface area contributed by atoms with Crippen LogP contribution >= 0.6 is 0 Å². The largest absolute Gasteiger partial charge is 0.384 e. The number of nitrogens with two attached hydrogens (primary N) is 1. The van der Waals surface area contributed by atoms with Gasteiger partial charge in [0.2, 0.25) is 0 Å². The Morgan fingerprint density at radius 1 is 1.69 bits per heavy atom. The summed E-state index contributed by atoms with van der Waals surface area (Å²) in [6.45, 7) is 2.21. The van der Waals surface area contributed by atoms with Crippen LogP contribution in [0.5, 0.6) is 0 Å². The highest BCUT2D eigenvalue weighted by atomic mass is 15.3. The topological polar surface area (TPSA) is 43.8 Å². The van der Waals surface area contributed by atoms with Gasteiger partial charge in [-0.05, 0) is 31.2 Å². The molecule has 0 aliphatic heterocycles. The fourth-order valence-corrected chi connectivity index (χ4v) is 2.13. The summed E-state index contributed by atoms with van der Waals surface area (Å²) in [5, 5.41) is 4.28. The van der Waals surface area contributed by atoms with Crippen molar-refractivity contribution in [1.29, 1.82) is 0 Å². The van der Waals surface area contributed by atoms with Gasteiger partial charge < -0.3 is 5.73 Å². The molecule has 72 valence electrons. The van der Waals surface area contributed by atoms with Crippen molar-refractivity contribution in [1.82, 2.24) is 9.78 Å². The third kappa shape index (κ3) is 1.43. The van der Waals surface area contributed by atoms with Crippen molar-refractivity contribution < 1.29 is 0 Å². The van der Waals surface area contributed by atoms with Crippen LogP contribution in [0.3, 0.4) is 0 Å². The standard InChI is InChI=1S/C10H17N3/c1-2-9(8-4-3-5-8)13-10(11)6-7-12-13/h6-9H,2-5,11H2,1H3. The molecule has 1 atom stereocenters. The Morgan fingerprint density at radius 3 is 2.85 bits per heavy atom. The highest BCUT2D eigenvalue weighted by Crippen LogP contribution is 2.38. The van der Waals surface area contributed by atoms with E-state index >= 15 is 0 Å². The second kappa shape index (κ2) is 3.40. The molecular formula is C10H17N3. The van der Waals surface area contributed by atoms with E-state index in [1.165, 1.54) is 19.3 Å². The van der Waals surface area contributed by atoms with Gasteiger partial charge in [0.25, 0.3) is 0 Å². The summed E-state index contributed by atoms with van der Waals surface area (Å²) in [6.07, 6.45) is 6.99. The van der Waals surface area contributed by atoms with E-state index in [2.05, 4.69) is 12.0 Å². The average Bonchev–Trinajstić information content (AvgIpc) is 2.43. The number of rotatable bonds is 3. The molecule has 0 aromatic carbocycles. The zero-order valence-corrected chi connectivity index (χ0v) is 8.11. The van der Waals surface area contributed by atoms with Crippen LogP contribution in [0.15, 0.2) is 12.3 Å². The van der Waals surface area contributed by atoms with Gasteiger partial charge in [-0.25, -0.2) is 4.68 Å². The monoisotopic (exact) mass is 179 g/mol. The summed E-state index contributed by atoms with van der Waals surface area (Å²) >= 11 is 0. The lowest BCUT2D eigenvalue weighted by atomic mass is 9.79. The quantitative estimate of drug-likeness (QED) is 0.773. The fraction of sp³-hybridized carbons (Fsp3) is 0.700. The maximum atomic E-state index is 5.83. The molecule has 3 nitrogen and oxygen atoms in total. The van der Waals surface area contributed by atoms with E-state index in [0.717, 1.165) is 18.2 Å². The Morgan fingerprint density at radius 2 is 2.46 bits per heavy atom. The van der Waals surface area contributed by atoms with Crippen LogP contribution in [-0.4, -0.2) is 9.78 Å². The van der Waals surface area contributed by atoms with Crippen molar-refractivity contribution in [2.24, 2.45) is 5.92 Å². The van der Waals surface area contributed by atoms with Gasteiger partial charge in [-0.2, -0.15) is 5.10 Å². The first-order chi connectivity index (χ1) is 6.33. The lowest BCUT2D eigenvalue weighted by Gasteiger charge is -2.33. The van der Waals surface area contributed by atoms with Crippen LogP contribution in [0.1, 0.15) is 38.6 Å². The molecule has 1 aromatic heterocycles. The molecule has 2 rings (SSSR count). The smallest absolute Gasteiger partial charge is 0.121 e. The zero-order valence-electron chi connectivity index (χ0n) is 8.11. The van der Waals surface area contributed by atoms with Crippen LogP contribution < -0.4 is 5.73 Å². The van der Waals surface area contributed by atoms with E-state index < -0.39 is 0 Å². The van der Waals surface area contributed by atoms with E-state index in [1.54, 1.807) is 6.20 Å². The van der Waals surface area contributed by atoms with Gasteiger partial charge in [0.15, 0.2) is 0 Å². The van der Waals surface area contributed by atoms with Crippen molar-refractivity contribution in [3.05, 3.63) is 12.3 Å². The second-order valence-corrected chi connectivity index (χ2v) is 3.87. The molecule has 1 aromatic rings. The molecule has 1 saturated carbocycles. The zero-order chi connectivity index (χ0) is 9.26. The Hall–Kier alpha value is -0.990. The predicted molar refractivity (Wildman–Crippen MR) is 53.3 cm³/mol. The molecule has 0 spiro atoms. The number of nitrogen functional groups attached to an aromatic ring is 1. The molecule has 0 saturated heterocycles. The number of hydrogen-bond donors (Lipinski definition) is 1. The lowest BCUT2D eigenvalue weighted by molar-refractivity contribution is 0.193. The molecule has 1 unspecified atom stereocenters. The summed E-state index contributed by atoms with van der Waals surface area (Å²) in [7, 11) is 0. The molecule has 1 aliphatic carbocycles. The number of aromatic nitrogens is 2. The van der Waals surface area contributed by atoms with Crippen molar-refractivity contribution in [2.45, 2.75) is 38.6 Å². The van der Waals surface area contributed by atoms with E-state index in [4.69, 9.17) is 5.73 Å². The van der Waals surface area contributed by atoms with Gasteiger partial charge in [0, 0.05) is 0 Å². The molecule has 0 amide bonds. The maximum absolute atomic E-state index is 5.83. The number of nitrogens with zero attached hydrogens (tertiary/aromatic N) is 2. The summed E-state index contributed by atoms with van der Waals surface area (Å²) in [6, 6.07) is 2.41. The first-order valence-electron chi connectivity index (χ1n) is 5.12. The second-order valence-electron chi connectivity index (χ2n) is 3.87. The molecule has 1 aliphatic rings. The molecule has 2 N–H and O–H groups in total.